The van der Waals surface area contributed by atoms with Crippen LogP contribution in [0, 0.1) is 34.0 Å². The van der Waals surface area contributed by atoms with Crippen LogP contribution >= 0.6 is 0 Å². The molecule has 0 fully saturated rings. The second kappa shape index (κ2) is 17.9. The lowest BCUT2D eigenvalue weighted by Gasteiger charge is -2.18. The average Bonchev–Trinajstić information content (AvgIpc) is 3.99. The van der Waals surface area contributed by atoms with Crippen LogP contribution in [0.1, 0.15) is 16.7 Å². The summed E-state index contributed by atoms with van der Waals surface area (Å²) in [6.45, 7) is 0. The minimum absolute atomic E-state index is 0.434. The highest BCUT2D eigenvalue weighted by Gasteiger charge is 2.24. The highest BCUT2D eigenvalue weighted by atomic mass is 15.1. The minimum atomic E-state index is 0.434. The van der Waals surface area contributed by atoms with Crippen molar-refractivity contribution in [3.05, 3.63) is 247 Å². The van der Waals surface area contributed by atoms with Gasteiger partial charge in [-0.1, -0.05) is 152 Å². The van der Waals surface area contributed by atoms with Crippen molar-refractivity contribution in [3.8, 4) is 97.1 Å². The van der Waals surface area contributed by atoms with Crippen molar-refractivity contribution in [1.82, 2.24) is 24.1 Å². The van der Waals surface area contributed by atoms with E-state index in [1.165, 1.54) is 0 Å². The molecule has 8 heteroatoms. The van der Waals surface area contributed by atoms with Gasteiger partial charge in [0.15, 0.2) is 17.5 Å². The molecule has 10 aromatic carbocycles. The topological polar surface area (TPSA) is 120 Å². The van der Waals surface area contributed by atoms with E-state index in [0.29, 0.717) is 34.2 Å². The minimum Gasteiger partial charge on any atom is -0.309 e. The van der Waals surface area contributed by atoms with Crippen LogP contribution in [0.15, 0.2) is 231 Å². The Morgan fingerprint density at radius 3 is 1.11 bits per heavy atom. The number of hydrogen-bond donors (Lipinski definition) is 0. The van der Waals surface area contributed by atoms with E-state index >= 15 is 0 Å². The molecule has 0 aliphatic rings. The van der Waals surface area contributed by atoms with Crippen LogP contribution in [0.3, 0.4) is 0 Å². The average molecular weight is 943 g/mol. The van der Waals surface area contributed by atoms with Crippen molar-refractivity contribution in [3.63, 3.8) is 0 Å². The third kappa shape index (κ3) is 7.33. The first-order valence-corrected chi connectivity index (χ1v) is 24.2. The largest absolute Gasteiger partial charge is 0.309 e. The van der Waals surface area contributed by atoms with Crippen molar-refractivity contribution >= 4 is 43.6 Å². The lowest BCUT2D eigenvalue weighted by molar-refractivity contribution is 1.06. The van der Waals surface area contributed by atoms with Crippen LogP contribution < -0.4 is 0 Å². The maximum atomic E-state index is 10.0. The van der Waals surface area contributed by atoms with E-state index in [4.69, 9.17) is 15.0 Å². The molecule has 0 saturated heterocycles. The molecule has 0 radical (unpaired) electrons. The molecule has 3 heterocycles. The summed E-state index contributed by atoms with van der Waals surface area (Å²) in [5, 5.41) is 34.5. The number of rotatable bonds is 8. The van der Waals surface area contributed by atoms with E-state index in [9.17, 15) is 15.8 Å². The van der Waals surface area contributed by atoms with E-state index in [1.54, 1.807) is 0 Å². The van der Waals surface area contributed by atoms with Gasteiger partial charge in [-0.3, -0.25) is 0 Å². The van der Waals surface area contributed by atoms with Crippen LogP contribution in [-0.2, 0) is 0 Å². The number of nitrogens with zero attached hydrogens (tertiary/aromatic N) is 8. The Balaban J connectivity index is 1.13. The van der Waals surface area contributed by atoms with Gasteiger partial charge in [0, 0.05) is 38.2 Å². The molecule has 0 unspecified atom stereocenters. The molecule has 3 aromatic heterocycles. The predicted molar refractivity (Wildman–Crippen MR) is 295 cm³/mol. The van der Waals surface area contributed by atoms with Gasteiger partial charge in [0.05, 0.1) is 68.3 Å². The molecular formula is C66H38N8. The molecule has 13 rings (SSSR count). The summed E-state index contributed by atoms with van der Waals surface area (Å²) in [5.41, 5.74) is 15.0. The molecule has 0 bridgehead atoms. The van der Waals surface area contributed by atoms with Gasteiger partial charge in [-0.05, 0) is 112 Å². The van der Waals surface area contributed by atoms with Crippen LogP contribution in [-0.4, -0.2) is 24.1 Å². The molecule has 0 spiro atoms. The number of hydrogen-bond acceptors (Lipinski definition) is 6. The number of aromatic nitrogens is 5. The molecule has 342 valence electrons. The molecule has 0 amide bonds. The van der Waals surface area contributed by atoms with E-state index in [2.05, 4.69) is 161 Å². The van der Waals surface area contributed by atoms with E-state index in [-0.39, 0.29) is 0 Å². The summed E-state index contributed by atoms with van der Waals surface area (Å²) in [7, 11) is 0. The second-order valence-corrected chi connectivity index (χ2v) is 18.1. The van der Waals surface area contributed by atoms with Gasteiger partial charge in [0.25, 0.3) is 0 Å². The summed E-state index contributed by atoms with van der Waals surface area (Å²) < 4.78 is 4.57. The van der Waals surface area contributed by atoms with Gasteiger partial charge in [-0.15, -0.1) is 0 Å². The normalized spacial score (nSPS) is 11.2. The number of nitriles is 3. The Hall–Kier alpha value is -10.7. The SMILES string of the molecule is N#Cc1cccc(-c2ccc(-n3c4ccccc4c4ccccc43)c(-c3nc(-c4ccc(-c5ccccc5C#N)cc4)nc(-c4cc(-c5cccc(C#N)c5)ccc4-n4c5ccccc5c5ccccc54)n3)c2)c1. The fourth-order valence-electron chi connectivity index (χ4n) is 10.5. The quantitative estimate of drug-likeness (QED) is 0.150. The van der Waals surface area contributed by atoms with Crippen molar-refractivity contribution in [1.29, 1.82) is 15.8 Å². The molecule has 13 aromatic rings. The molecule has 8 nitrogen and oxygen atoms in total. The van der Waals surface area contributed by atoms with E-state index in [0.717, 1.165) is 105 Å². The van der Waals surface area contributed by atoms with Gasteiger partial charge in [-0.2, -0.15) is 15.8 Å². The fourth-order valence-corrected chi connectivity index (χ4v) is 10.5. The van der Waals surface area contributed by atoms with Crippen LogP contribution in [0.5, 0.6) is 0 Å². The van der Waals surface area contributed by atoms with E-state index < -0.39 is 0 Å². The predicted octanol–water partition coefficient (Wildman–Crippen LogP) is 15.7. The molecule has 0 aliphatic heterocycles. The monoisotopic (exact) mass is 942 g/mol. The standard InChI is InChI=1S/C66H38N8/c67-39-42-13-11-16-46(35-42)48-31-33-62(73-58-23-7-3-19-52(58)53-20-4-8-24-59(53)73)56(37-48)65-70-64(45-29-27-44(28-30-45)51-18-2-1-15-50(51)41-69)71-66(72-65)57-38-49(47-17-12-14-43(36-47)40-68)32-34-63(57)74-60-25-9-5-21-54(60)55-22-6-10-26-61(55)74/h1-38H. The molecular weight excluding hydrogens is 905 g/mol. The van der Waals surface area contributed by atoms with E-state index in [1.807, 2.05) is 97.1 Å². The third-order valence-corrected chi connectivity index (χ3v) is 13.9. The third-order valence-electron chi connectivity index (χ3n) is 13.9. The van der Waals surface area contributed by atoms with Gasteiger partial charge in [0.1, 0.15) is 0 Å². The maximum Gasteiger partial charge on any atom is 0.166 e. The zero-order valence-corrected chi connectivity index (χ0v) is 39.5. The maximum absolute atomic E-state index is 10.0. The summed E-state index contributed by atoms with van der Waals surface area (Å²) in [4.78, 5) is 16.5. The molecule has 0 N–H and O–H groups in total. The Morgan fingerprint density at radius 2 is 0.662 bits per heavy atom. The number of fused-ring (bicyclic) bond motifs is 6. The zero-order chi connectivity index (χ0) is 49.7. The highest BCUT2D eigenvalue weighted by Crippen LogP contribution is 2.41. The molecule has 0 aliphatic carbocycles. The van der Waals surface area contributed by atoms with Crippen LogP contribution in [0.4, 0.5) is 0 Å². The second-order valence-electron chi connectivity index (χ2n) is 18.1. The lowest BCUT2D eigenvalue weighted by atomic mass is 9.98. The number of benzene rings is 10. The first-order valence-electron chi connectivity index (χ1n) is 24.2. The first kappa shape index (κ1) is 43.3. The van der Waals surface area contributed by atoms with Crippen molar-refractivity contribution in [2.45, 2.75) is 0 Å². The summed E-state index contributed by atoms with van der Waals surface area (Å²) >= 11 is 0. The van der Waals surface area contributed by atoms with Gasteiger partial charge < -0.3 is 9.13 Å². The Morgan fingerprint density at radius 1 is 0.284 bits per heavy atom. The van der Waals surface area contributed by atoms with Crippen molar-refractivity contribution < 1.29 is 0 Å². The summed E-state index contributed by atoms with van der Waals surface area (Å²) in [5.74, 6) is 1.31. The summed E-state index contributed by atoms with van der Waals surface area (Å²) in [6.07, 6.45) is 0. The molecule has 74 heavy (non-hydrogen) atoms. The molecule has 0 saturated carbocycles. The Labute approximate surface area is 425 Å². The fraction of sp³-hybridized carbons (Fsp3) is 0. The molecule has 0 atom stereocenters. The van der Waals surface area contributed by atoms with Crippen LogP contribution in [0.25, 0.3) is 123 Å². The highest BCUT2D eigenvalue weighted by molar-refractivity contribution is 6.11. The van der Waals surface area contributed by atoms with Gasteiger partial charge in [0.2, 0.25) is 0 Å². The van der Waals surface area contributed by atoms with Crippen molar-refractivity contribution in [2.75, 3.05) is 0 Å². The summed E-state index contributed by atoms with van der Waals surface area (Å²) in [6, 6.07) is 84.3. The Bertz CT molecular complexity index is 4190. The van der Waals surface area contributed by atoms with Crippen molar-refractivity contribution in [2.24, 2.45) is 0 Å². The van der Waals surface area contributed by atoms with Gasteiger partial charge >= 0.3 is 0 Å². The van der Waals surface area contributed by atoms with Crippen LogP contribution in [0.2, 0.25) is 0 Å². The first-order chi connectivity index (χ1) is 36.5. The number of para-hydroxylation sites is 4. The smallest absolute Gasteiger partial charge is 0.166 e. The lowest BCUT2D eigenvalue weighted by Crippen LogP contribution is -2.06. The van der Waals surface area contributed by atoms with Gasteiger partial charge in [-0.25, -0.2) is 15.0 Å². The Kier molecular flexibility index (Phi) is 10.5. The zero-order valence-electron chi connectivity index (χ0n) is 39.5.